The molecule has 101 valence electrons. The van der Waals surface area contributed by atoms with Crippen LogP contribution in [0.1, 0.15) is 11.1 Å². The lowest BCUT2D eigenvalue weighted by Gasteiger charge is -2.14. The van der Waals surface area contributed by atoms with Crippen LogP contribution >= 0.6 is 0 Å². The van der Waals surface area contributed by atoms with Crippen LogP contribution in [-0.2, 0) is 0 Å². The lowest BCUT2D eigenvalue weighted by Crippen LogP contribution is -1.89. The minimum atomic E-state index is 0. The normalized spacial score (nSPS) is 11.0. The molecule has 0 aromatic heterocycles. The Kier molecular flexibility index (Phi) is 3.17. The van der Waals surface area contributed by atoms with Crippen molar-refractivity contribution in [1.82, 2.24) is 0 Å². The highest BCUT2D eigenvalue weighted by molar-refractivity contribution is 6.16. The van der Waals surface area contributed by atoms with E-state index < -0.39 is 0 Å². The van der Waals surface area contributed by atoms with Gasteiger partial charge in [-0.25, -0.2) is 0 Å². The molecule has 4 aromatic rings. The van der Waals surface area contributed by atoms with Crippen LogP contribution in [0.15, 0.2) is 60.7 Å². The van der Waals surface area contributed by atoms with Crippen molar-refractivity contribution >= 4 is 32.3 Å². The number of aryl methyl sites for hydroxylation is 2. The van der Waals surface area contributed by atoms with Gasteiger partial charge in [-0.2, -0.15) is 0 Å². The van der Waals surface area contributed by atoms with Crippen LogP contribution in [0, 0.1) is 21.3 Å². The summed E-state index contributed by atoms with van der Waals surface area (Å²) in [6, 6.07) is 21.9. The average Bonchev–Trinajstić information content (AvgIpc) is 2.51. The summed E-state index contributed by atoms with van der Waals surface area (Å²) < 4.78 is 0. The Labute approximate surface area is 126 Å². The molecule has 0 spiro atoms. The molecule has 0 aliphatic carbocycles. The van der Waals surface area contributed by atoms with Crippen molar-refractivity contribution in [3.05, 3.63) is 79.2 Å². The van der Waals surface area contributed by atoms with Crippen molar-refractivity contribution in [3.8, 4) is 0 Å². The zero-order valence-electron chi connectivity index (χ0n) is 12.4. The molecule has 4 aromatic carbocycles. The fourth-order valence-corrected chi connectivity index (χ4v) is 3.40. The maximum absolute atomic E-state index is 2.27. The molecule has 0 heteroatoms. The highest BCUT2D eigenvalue weighted by Gasteiger charge is 2.10. The van der Waals surface area contributed by atoms with Gasteiger partial charge >= 0.3 is 0 Å². The van der Waals surface area contributed by atoms with E-state index in [1.807, 2.05) is 0 Å². The van der Waals surface area contributed by atoms with E-state index in [1.54, 1.807) is 0 Å². The average molecular weight is 269 g/mol. The Morgan fingerprint density at radius 1 is 0.524 bits per heavy atom. The van der Waals surface area contributed by atoms with Gasteiger partial charge in [0.15, 0.2) is 0 Å². The summed E-state index contributed by atoms with van der Waals surface area (Å²) in [7, 11) is 0. The van der Waals surface area contributed by atoms with Crippen LogP contribution in [0.3, 0.4) is 0 Å². The van der Waals surface area contributed by atoms with E-state index in [4.69, 9.17) is 0 Å². The molecule has 0 fully saturated rings. The Balaban J connectivity index is 0.00000132. The molecule has 0 nitrogen and oxygen atoms in total. The van der Waals surface area contributed by atoms with Crippen LogP contribution < -0.4 is 0 Å². The summed E-state index contributed by atoms with van der Waals surface area (Å²) in [6.45, 7) is 4.48. The third-order valence-corrected chi connectivity index (χ3v) is 4.44. The summed E-state index contributed by atoms with van der Waals surface area (Å²) in [5.74, 6) is 0. The van der Waals surface area contributed by atoms with Crippen LogP contribution in [0.4, 0.5) is 0 Å². The maximum atomic E-state index is 2.27. The number of hydrogen-bond acceptors (Lipinski definition) is 0. The molecule has 0 saturated carbocycles. The largest absolute Gasteiger partial charge is 0.0616 e. The second-order valence-corrected chi connectivity index (χ2v) is 5.50. The van der Waals surface area contributed by atoms with Crippen molar-refractivity contribution in [2.45, 2.75) is 13.8 Å². The zero-order valence-corrected chi connectivity index (χ0v) is 12.4. The van der Waals surface area contributed by atoms with E-state index >= 15 is 0 Å². The highest BCUT2D eigenvalue weighted by Crippen LogP contribution is 2.36. The molecular weight excluding hydrogens is 252 g/mol. The van der Waals surface area contributed by atoms with Crippen LogP contribution in [0.2, 0.25) is 0 Å². The molecule has 3 radical (unpaired) electrons. The van der Waals surface area contributed by atoms with E-state index in [9.17, 15) is 0 Å². The van der Waals surface area contributed by atoms with Crippen LogP contribution in [-0.4, -0.2) is 0 Å². The predicted octanol–water partition coefficient (Wildman–Crippen LogP) is 5.97. The summed E-state index contributed by atoms with van der Waals surface area (Å²) >= 11 is 0. The third-order valence-electron chi connectivity index (χ3n) is 4.44. The summed E-state index contributed by atoms with van der Waals surface area (Å²) in [6.07, 6.45) is 0. The molecular formula is C21H17. The number of benzene rings is 4. The second kappa shape index (κ2) is 4.89. The van der Waals surface area contributed by atoms with Crippen LogP contribution in [0.25, 0.3) is 32.3 Å². The second-order valence-electron chi connectivity index (χ2n) is 5.50. The molecule has 0 atom stereocenters. The van der Waals surface area contributed by atoms with Crippen LogP contribution in [0.5, 0.6) is 0 Å². The van der Waals surface area contributed by atoms with Crippen molar-refractivity contribution in [2.75, 3.05) is 0 Å². The lowest BCUT2D eigenvalue weighted by molar-refractivity contribution is 1.53. The predicted molar refractivity (Wildman–Crippen MR) is 92.7 cm³/mol. The monoisotopic (exact) mass is 269 g/mol. The molecule has 0 saturated heterocycles. The molecule has 0 aliphatic rings. The maximum Gasteiger partial charge on any atom is -0.00671 e. The first kappa shape index (κ1) is 13.6. The summed E-state index contributed by atoms with van der Waals surface area (Å²) in [5, 5.41) is 8.19. The Morgan fingerprint density at radius 3 is 1.81 bits per heavy atom. The molecule has 0 N–H and O–H groups in total. The standard InChI is InChI=1S/C20H16.CH/c1-13-16-8-5-6-9-17(16)14(2)20-18(13)12-11-15-7-3-4-10-19(15)20;/h3-12H,1-2H3;1H. The number of rotatable bonds is 0. The van der Waals surface area contributed by atoms with Gasteiger partial charge in [-0.15, -0.1) is 0 Å². The minimum absolute atomic E-state index is 0. The van der Waals surface area contributed by atoms with E-state index in [1.165, 1.54) is 43.4 Å². The van der Waals surface area contributed by atoms with Gasteiger partial charge in [0.05, 0.1) is 0 Å². The Hall–Kier alpha value is -2.34. The third kappa shape index (κ3) is 1.83. The Morgan fingerprint density at radius 2 is 1.10 bits per heavy atom. The van der Waals surface area contributed by atoms with Crippen molar-refractivity contribution in [3.63, 3.8) is 0 Å². The Bertz CT molecular complexity index is 962. The SMILES string of the molecule is Cc1c2ccccc2c(C)c2c1ccc1ccccc12.[CH]. The summed E-state index contributed by atoms with van der Waals surface area (Å²) in [4.78, 5) is 0. The van der Waals surface area contributed by atoms with Gasteiger partial charge in [-0.05, 0) is 64.7 Å². The lowest BCUT2D eigenvalue weighted by atomic mass is 9.90. The number of fused-ring (bicyclic) bond motifs is 4. The smallest absolute Gasteiger partial charge is 0.00671 e. The molecule has 21 heavy (non-hydrogen) atoms. The van der Waals surface area contributed by atoms with Crippen molar-refractivity contribution in [1.29, 1.82) is 0 Å². The van der Waals surface area contributed by atoms with Crippen molar-refractivity contribution in [2.24, 2.45) is 0 Å². The molecule has 0 amide bonds. The quantitative estimate of drug-likeness (QED) is 0.272. The molecule has 0 heterocycles. The first-order chi connectivity index (χ1) is 9.77. The van der Waals surface area contributed by atoms with E-state index in [2.05, 4.69) is 74.5 Å². The molecule has 0 aliphatic heterocycles. The van der Waals surface area contributed by atoms with Gasteiger partial charge in [0, 0.05) is 0 Å². The highest BCUT2D eigenvalue weighted by atomic mass is 14.1. The van der Waals surface area contributed by atoms with Gasteiger partial charge in [-0.3, -0.25) is 0 Å². The van der Waals surface area contributed by atoms with E-state index in [0.29, 0.717) is 0 Å². The molecule has 4 rings (SSSR count). The topological polar surface area (TPSA) is 0 Å². The zero-order chi connectivity index (χ0) is 13.7. The number of hydrogen-bond donors (Lipinski definition) is 0. The fourth-order valence-electron chi connectivity index (χ4n) is 3.40. The summed E-state index contributed by atoms with van der Waals surface area (Å²) in [5.41, 5.74) is 2.77. The van der Waals surface area contributed by atoms with Gasteiger partial charge in [0.2, 0.25) is 0 Å². The van der Waals surface area contributed by atoms with E-state index in [0.717, 1.165) is 0 Å². The van der Waals surface area contributed by atoms with Gasteiger partial charge in [0.1, 0.15) is 0 Å². The fraction of sp³-hybridized carbons (Fsp3) is 0.0952. The van der Waals surface area contributed by atoms with Gasteiger partial charge in [-0.1, -0.05) is 60.7 Å². The van der Waals surface area contributed by atoms with Crippen molar-refractivity contribution < 1.29 is 0 Å². The first-order valence-electron chi connectivity index (χ1n) is 7.07. The molecule has 0 unspecified atom stereocenters. The molecule has 0 bridgehead atoms. The van der Waals surface area contributed by atoms with Gasteiger partial charge in [0.25, 0.3) is 0 Å². The van der Waals surface area contributed by atoms with E-state index in [-0.39, 0.29) is 7.43 Å². The minimum Gasteiger partial charge on any atom is -0.0616 e. The first-order valence-corrected chi connectivity index (χ1v) is 7.07. The van der Waals surface area contributed by atoms with Gasteiger partial charge < -0.3 is 0 Å².